The Hall–Kier alpha value is -1.71. The van der Waals surface area contributed by atoms with E-state index in [1.807, 2.05) is 0 Å². The van der Waals surface area contributed by atoms with Gasteiger partial charge in [0.25, 0.3) is 5.56 Å². The van der Waals surface area contributed by atoms with Crippen LogP contribution in [-0.2, 0) is 14.1 Å². The van der Waals surface area contributed by atoms with Gasteiger partial charge in [-0.3, -0.25) is 14.2 Å². The molecule has 1 heterocycles. The molecule has 0 saturated carbocycles. The van der Waals surface area contributed by atoms with Crippen molar-refractivity contribution in [3.63, 3.8) is 0 Å². The number of fused-ring (bicyclic) bond motifs is 1. The highest BCUT2D eigenvalue weighted by molar-refractivity contribution is 5.80. The van der Waals surface area contributed by atoms with E-state index in [1.165, 1.54) is 10.7 Å². The van der Waals surface area contributed by atoms with E-state index in [4.69, 9.17) is 0 Å². The fraction of sp³-hybridized carbons (Fsp3) is 0.222. The molecule has 0 atom stereocenters. The lowest BCUT2D eigenvalue weighted by Gasteiger charge is -1.98. The van der Waals surface area contributed by atoms with Crippen molar-refractivity contribution in [2.75, 3.05) is 0 Å². The molecule has 1 N–H and O–H groups in total. The first kappa shape index (κ1) is 7.91. The largest absolute Gasteiger partial charge is 0.508 e. The summed E-state index contributed by atoms with van der Waals surface area (Å²) < 4.78 is 3.25. The summed E-state index contributed by atoms with van der Waals surface area (Å²) in [6.45, 7) is 0. The standard InChI is InChI=1S/C9H10N2O2/c1-10-8-4-3-6(12)5-7(8)9(13)11(10)2/h3-5,12H,1-2H3. The minimum absolute atomic E-state index is 0.0894. The Labute approximate surface area is 74.6 Å². The monoisotopic (exact) mass is 178 g/mol. The zero-order chi connectivity index (χ0) is 9.59. The van der Waals surface area contributed by atoms with Gasteiger partial charge in [-0.25, -0.2) is 0 Å². The third-order valence-corrected chi connectivity index (χ3v) is 2.30. The molecule has 0 aliphatic heterocycles. The molecule has 0 fully saturated rings. The maximum atomic E-state index is 11.5. The van der Waals surface area contributed by atoms with Gasteiger partial charge in [-0.15, -0.1) is 0 Å². The normalized spacial score (nSPS) is 10.9. The summed E-state index contributed by atoms with van der Waals surface area (Å²) in [4.78, 5) is 11.5. The van der Waals surface area contributed by atoms with Crippen molar-refractivity contribution in [2.45, 2.75) is 0 Å². The zero-order valence-corrected chi connectivity index (χ0v) is 7.48. The van der Waals surface area contributed by atoms with Crippen LogP contribution in [0.4, 0.5) is 0 Å². The Bertz CT molecular complexity index is 522. The summed E-state index contributed by atoms with van der Waals surface area (Å²) in [5.41, 5.74) is 0.735. The number of hydrogen-bond acceptors (Lipinski definition) is 2. The molecule has 68 valence electrons. The molecule has 13 heavy (non-hydrogen) atoms. The molecule has 0 unspecified atom stereocenters. The highest BCUT2D eigenvalue weighted by Crippen LogP contribution is 2.16. The number of aryl methyl sites for hydroxylation is 1. The van der Waals surface area contributed by atoms with E-state index in [1.54, 1.807) is 30.9 Å². The Balaban J connectivity index is 3.04. The molecular weight excluding hydrogens is 168 g/mol. The van der Waals surface area contributed by atoms with Crippen molar-refractivity contribution < 1.29 is 5.11 Å². The Morgan fingerprint density at radius 3 is 2.62 bits per heavy atom. The van der Waals surface area contributed by atoms with E-state index in [0.717, 1.165) is 5.52 Å². The van der Waals surface area contributed by atoms with Crippen molar-refractivity contribution >= 4 is 10.9 Å². The summed E-state index contributed by atoms with van der Waals surface area (Å²) in [6, 6.07) is 4.78. The topological polar surface area (TPSA) is 47.2 Å². The van der Waals surface area contributed by atoms with Crippen LogP contribution < -0.4 is 5.56 Å². The molecule has 4 heteroatoms. The summed E-state index contributed by atoms with van der Waals surface area (Å²) in [7, 11) is 3.50. The molecule has 2 rings (SSSR count). The summed E-state index contributed by atoms with van der Waals surface area (Å²) >= 11 is 0. The Morgan fingerprint density at radius 2 is 1.92 bits per heavy atom. The molecule has 0 bridgehead atoms. The predicted octanol–water partition coefficient (Wildman–Crippen LogP) is 0.583. The Morgan fingerprint density at radius 1 is 1.23 bits per heavy atom. The van der Waals surface area contributed by atoms with Crippen LogP contribution in [0.1, 0.15) is 0 Å². The number of aromatic nitrogens is 2. The van der Waals surface area contributed by atoms with Gasteiger partial charge >= 0.3 is 0 Å². The van der Waals surface area contributed by atoms with E-state index in [2.05, 4.69) is 0 Å². The highest BCUT2D eigenvalue weighted by atomic mass is 16.3. The van der Waals surface area contributed by atoms with Crippen molar-refractivity contribution in [3.8, 4) is 5.75 Å². The zero-order valence-electron chi connectivity index (χ0n) is 7.48. The first-order chi connectivity index (χ1) is 6.11. The van der Waals surface area contributed by atoms with Gasteiger partial charge in [0.05, 0.1) is 10.9 Å². The van der Waals surface area contributed by atoms with Crippen LogP contribution in [-0.4, -0.2) is 14.5 Å². The van der Waals surface area contributed by atoms with Crippen molar-refractivity contribution in [2.24, 2.45) is 14.1 Å². The molecule has 4 nitrogen and oxygen atoms in total. The lowest BCUT2D eigenvalue weighted by molar-refractivity contribution is 0.476. The molecule has 2 aromatic rings. The van der Waals surface area contributed by atoms with Gasteiger partial charge in [0.1, 0.15) is 5.75 Å². The third-order valence-electron chi connectivity index (χ3n) is 2.30. The van der Waals surface area contributed by atoms with Gasteiger partial charge in [0, 0.05) is 14.1 Å². The second-order valence-corrected chi connectivity index (χ2v) is 3.05. The van der Waals surface area contributed by atoms with Gasteiger partial charge in [0.2, 0.25) is 0 Å². The minimum Gasteiger partial charge on any atom is -0.508 e. The second kappa shape index (κ2) is 2.39. The lowest BCUT2D eigenvalue weighted by Crippen LogP contribution is -2.16. The van der Waals surface area contributed by atoms with Crippen LogP contribution >= 0.6 is 0 Å². The SMILES string of the molecule is Cn1c(=O)c2cc(O)ccc2n1C. The molecule has 0 amide bonds. The van der Waals surface area contributed by atoms with Gasteiger partial charge in [-0.2, -0.15) is 0 Å². The fourth-order valence-corrected chi connectivity index (χ4v) is 1.45. The second-order valence-electron chi connectivity index (χ2n) is 3.05. The molecule has 0 radical (unpaired) electrons. The van der Waals surface area contributed by atoms with Gasteiger partial charge in [-0.05, 0) is 18.2 Å². The molecule has 0 aliphatic rings. The number of phenolic OH excluding ortho intramolecular Hbond substituents is 1. The molecule has 0 spiro atoms. The molecule has 0 saturated heterocycles. The number of hydrogen-bond donors (Lipinski definition) is 1. The van der Waals surface area contributed by atoms with Gasteiger partial charge in [0.15, 0.2) is 0 Å². The minimum atomic E-state index is -0.0894. The average molecular weight is 178 g/mol. The third kappa shape index (κ3) is 0.950. The van der Waals surface area contributed by atoms with Crippen LogP contribution in [0.3, 0.4) is 0 Å². The van der Waals surface area contributed by atoms with E-state index in [9.17, 15) is 9.90 Å². The predicted molar refractivity (Wildman–Crippen MR) is 49.8 cm³/mol. The maximum absolute atomic E-state index is 11.5. The van der Waals surface area contributed by atoms with E-state index >= 15 is 0 Å². The number of aromatic hydroxyl groups is 1. The van der Waals surface area contributed by atoms with Crippen molar-refractivity contribution in [1.82, 2.24) is 9.36 Å². The smallest absolute Gasteiger partial charge is 0.274 e. The summed E-state index contributed by atoms with van der Waals surface area (Å²) in [6.07, 6.45) is 0. The first-order valence-electron chi connectivity index (χ1n) is 3.96. The lowest BCUT2D eigenvalue weighted by atomic mass is 10.2. The van der Waals surface area contributed by atoms with Crippen LogP contribution in [0.5, 0.6) is 5.75 Å². The number of phenols is 1. The van der Waals surface area contributed by atoms with E-state index < -0.39 is 0 Å². The van der Waals surface area contributed by atoms with Crippen LogP contribution in [0.15, 0.2) is 23.0 Å². The highest BCUT2D eigenvalue weighted by Gasteiger charge is 2.07. The average Bonchev–Trinajstić information content (AvgIpc) is 2.32. The van der Waals surface area contributed by atoms with Crippen LogP contribution in [0.2, 0.25) is 0 Å². The van der Waals surface area contributed by atoms with E-state index in [-0.39, 0.29) is 11.3 Å². The van der Waals surface area contributed by atoms with Crippen LogP contribution in [0, 0.1) is 0 Å². The van der Waals surface area contributed by atoms with Gasteiger partial charge in [-0.1, -0.05) is 0 Å². The van der Waals surface area contributed by atoms with Gasteiger partial charge < -0.3 is 5.11 Å². The summed E-state index contributed by atoms with van der Waals surface area (Å²) in [5.74, 6) is 0.121. The molecule has 0 aliphatic carbocycles. The fourth-order valence-electron chi connectivity index (χ4n) is 1.45. The molecule has 1 aromatic carbocycles. The number of nitrogens with zero attached hydrogens (tertiary/aromatic N) is 2. The molecule has 1 aromatic heterocycles. The first-order valence-corrected chi connectivity index (χ1v) is 3.96. The quantitative estimate of drug-likeness (QED) is 0.641. The number of benzene rings is 1. The maximum Gasteiger partial charge on any atom is 0.274 e. The summed E-state index contributed by atoms with van der Waals surface area (Å²) in [5, 5.41) is 9.74. The Kier molecular flexibility index (Phi) is 1.45. The van der Waals surface area contributed by atoms with E-state index in [0.29, 0.717) is 5.39 Å². The van der Waals surface area contributed by atoms with Crippen molar-refractivity contribution in [3.05, 3.63) is 28.6 Å². The van der Waals surface area contributed by atoms with Crippen molar-refractivity contribution in [1.29, 1.82) is 0 Å². The molecular formula is C9H10N2O2. The number of rotatable bonds is 0. The van der Waals surface area contributed by atoms with Crippen LogP contribution in [0.25, 0.3) is 10.9 Å².